The van der Waals surface area contributed by atoms with Gasteiger partial charge in [0.25, 0.3) is 5.69 Å². The summed E-state index contributed by atoms with van der Waals surface area (Å²) in [7, 11) is -3.69. The molecule has 0 aromatic heterocycles. The SMILES string of the molecule is CCCN1CCCN(c2ccc(S(=O)(=O)N3CCCCC3)cc2[N+](=O)[O-])CC1. The van der Waals surface area contributed by atoms with Crippen molar-refractivity contribution in [2.24, 2.45) is 0 Å². The summed E-state index contributed by atoms with van der Waals surface area (Å²) in [5, 5.41) is 11.7. The fourth-order valence-electron chi connectivity index (χ4n) is 4.08. The van der Waals surface area contributed by atoms with Crippen LogP contribution in [0.4, 0.5) is 11.4 Å². The number of nitro groups is 1. The first-order valence-electron chi connectivity index (χ1n) is 10.2. The number of rotatable bonds is 6. The highest BCUT2D eigenvalue weighted by molar-refractivity contribution is 7.89. The summed E-state index contributed by atoms with van der Waals surface area (Å²) >= 11 is 0. The number of anilines is 1. The van der Waals surface area contributed by atoms with E-state index in [9.17, 15) is 18.5 Å². The van der Waals surface area contributed by atoms with E-state index in [2.05, 4.69) is 11.8 Å². The van der Waals surface area contributed by atoms with Crippen molar-refractivity contribution in [3.8, 4) is 0 Å². The van der Waals surface area contributed by atoms with Crippen molar-refractivity contribution in [1.29, 1.82) is 0 Å². The van der Waals surface area contributed by atoms with Gasteiger partial charge in [-0.2, -0.15) is 4.31 Å². The van der Waals surface area contributed by atoms with E-state index in [1.807, 2.05) is 4.90 Å². The Morgan fingerprint density at radius 2 is 1.75 bits per heavy atom. The molecule has 156 valence electrons. The van der Waals surface area contributed by atoms with Crippen LogP contribution in [-0.4, -0.2) is 68.4 Å². The van der Waals surface area contributed by atoms with Gasteiger partial charge in [0.15, 0.2) is 0 Å². The fourth-order valence-corrected chi connectivity index (χ4v) is 5.62. The maximum Gasteiger partial charge on any atom is 0.293 e. The average molecular weight is 411 g/mol. The number of hydrogen-bond acceptors (Lipinski definition) is 6. The third-order valence-corrected chi connectivity index (χ3v) is 7.46. The molecule has 2 fully saturated rings. The van der Waals surface area contributed by atoms with E-state index >= 15 is 0 Å². The van der Waals surface area contributed by atoms with Crippen LogP contribution in [0.3, 0.4) is 0 Å². The second kappa shape index (κ2) is 9.19. The molecule has 28 heavy (non-hydrogen) atoms. The van der Waals surface area contributed by atoms with Gasteiger partial charge in [-0.1, -0.05) is 13.3 Å². The van der Waals surface area contributed by atoms with Gasteiger partial charge in [0.1, 0.15) is 5.69 Å². The summed E-state index contributed by atoms with van der Waals surface area (Å²) in [6, 6.07) is 4.39. The molecule has 0 atom stereocenters. The summed E-state index contributed by atoms with van der Waals surface area (Å²) < 4.78 is 27.3. The maximum absolute atomic E-state index is 12.9. The molecule has 0 unspecified atom stereocenters. The first kappa shape index (κ1) is 21.0. The molecule has 2 aliphatic rings. The molecule has 2 heterocycles. The molecule has 3 rings (SSSR count). The Bertz CT molecular complexity index is 793. The van der Waals surface area contributed by atoms with Crippen LogP contribution < -0.4 is 4.90 Å². The molecule has 9 heteroatoms. The highest BCUT2D eigenvalue weighted by Gasteiger charge is 2.30. The number of nitro benzene ring substituents is 1. The minimum atomic E-state index is -3.69. The zero-order chi connectivity index (χ0) is 20.1. The van der Waals surface area contributed by atoms with Gasteiger partial charge in [-0.25, -0.2) is 8.42 Å². The van der Waals surface area contributed by atoms with Gasteiger partial charge in [-0.05, 0) is 50.9 Å². The molecular weight excluding hydrogens is 380 g/mol. The molecule has 0 saturated carbocycles. The lowest BCUT2D eigenvalue weighted by atomic mass is 10.2. The summed E-state index contributed by atoms with van der Waals surface area (Å²) in [4.78, 5) is 15.7. The lowest BCUT2D eigenvalue weighted by Crippen LogP contribution is -2.35. The largest absolute Gasteiger partial charge is 0.365 e. The lowest BCUT2D eigenvalue weighted by Gasteiger charge is -2.26. The first-order chi connectivity index (χ1) is 13.4. The summed E-state index contributed by atoms with van der Waals surface area (Å²) in [6.45, 7) is 7.43. The standard InChI is InChI=1S/C19H30N4O4S/c1-2-9-20-10-6-11-21(15-14-20)18-8-7-17(16-19(18)23(24)25)28(26,27)22-12-4-3-5-13-22/h7-8,16H,2-6,9-15H2,1H3. The van der Waals surface area contributed by atoms with Gasteiger partial charge in [-0.15, -0.1) is 0 Å². The predicted molar refractivity (Wildman–Crippen MR) is 109 cm³/mol. The van der Waals surface area contributed by atoms with E-state index < -0.39 is 14.9 Å². The third-order valence-electron chi connectivity index (χ3n) is 5.57. The third kappa shape index (κ3) is 4.64. The van der Waals surface area contributed by atoms with E-state index in [-0.39, 0.29) is 10.6 Å². The van der Waals surface area contributed by atoms with Crippen molar-refractivity contribution in [2.45, 2.75) is 43.9 Å². The van der Waals surface area contributed by atoms with Crippen LogP contribution >= 0.6 is 0 Å². The fraction of sp³-hybridized carbons (Fsp3) is 0.684. The van der Waals surface area contributed by atoms with Gasteiger partial charge >= 0.3 is 0 Å². The molecule has 0 N–H and O–H groups in total. The van der Waals surface area contributed by atoms with Crippen LogP contribution in [0.2, 0.25) is 0 Å². The second-order valence-electron chi connectivity index (χ2n) is 7.55. The minimum Gasteiger partial charge on any atom is -0.365 e. The Morgan fingerprint density at radius 1 is 1.00 bits per heavy atom. The molecule has 1 aromatic carbocycles. The van der Waals surface area contributed by atoms with Crippen LogP contribution in [0.5, 0.6) is 0 Å². The topological polar surface area (TPSA) is 87.0 Å². The molecule has 0 aliphatic carbocycles. The van der Waals surface area contributed by atoms with E-state index in [0.29, 0.717) is 25.3 Å². The highest BCUT2D eigenvalue weighted by atomic mass is 32.2. The maximum atomic E-state index is 12.9. The molecule has 2 saturated heterocycles. The Balaban J connectivity index is 1.86. The Kier molecular flexibility index (Phi) is 6.90. The summed E-state index contributed by atoms with van der Waals surface area (Å²) in [5.41, 5.74) is 0.392. The number of benzene rings is 1. The quantitative estimate of drug-likeness (QED) is 0.529. The van der Waals surface area contributed by atoms with Gasteiger partial charge in [0, 0.05) is 38.8 Å². The Morgan fingerprint density at radius 3 is 2.43 bits per heavy atom. The Hall–Kier alpha value is -1.71. The van der Waals surface area contributed by atoms with Gasteiger partial charge < -0.3 is 9.80 Å². The zero-order valence-electron chi connectivity index (χ0n) is 16.5. The molecular formula is C19H30N4O4S. The van der Waals surface area contributed by atoms with Crippen LogP contribution in [0.1, 0.15) is 39.0 Å². The molecule has 0 radical (unpaired) electrons. The average Bonchev–Trinajstić information content (AvgIpc) is 2.94. The van der Waals surface area contributed by atoms with Gasteiger partial charge in [-0.3, -0.25) is 10.1 Å². The van der Waals surface area contributed by atoms with Gasteiger partial charge in [0.2, 0.25) is 10.0 Å². The molecule has 0 amide bonds. The van der Waals surface area contributed by atoms with Crippen molar-refractivity contribution in [3.63, 3.8) is 0 Å². The minimum absolute atomic E-state index is 0.0206. The molecule has 0 bridgehead atoms. The van der Waals surface area contributed by atoms with Crippen molar-refractivity contribution in [1.82, 2.24) is 9.21 Å². The van der Waals surface area contributed by atoms with E-state index in [1.54, 1.807) is 6.07 Å². The number of piperidine rings is 1. The Labute approximate surface area is 167 Å². The van der Waals surface area contributed by atoms with Crippen LogP contribution in [0, 0.1) is 10.1 Å². The number of hydrogen-bond donors (Lipinski definition) is 0. The number of nitrogens with zero attached hydrogens (tertiary/aromatic N) is 4. The molecule has 8 nitrogen and oxygen atoms in total. The van der Waals surface area contributed by atoms with Crippen molar-refractivity contribution in [3.05, 3.63) is 28.3 Å². The first-order valence-corrected chi connectivity index (χ1v) is 11.6. The van der Waals surface area contributed by atoms with Crippen LogP contribution in [-0.2, 0) is 10.0 Å². The van der Waals surface area contributed by atoms with Crippen molar-refractivity contribution >= 4 is 21.4 Å². The predicted octanol–water partition coefficient (Wildman–Crippen LogP) is 2.69. The molecule has 1 aromatic rings. The monoisotopic (exact) mass is 410 g/mol. The highest BCUT2D eigenvalue weighted by Crippen LogP contribution is 2.33. The number of sulfonamides is 1. The smallest absolute Gasteiger partial charge is 0.293 e. The normalized spacial score (nSPS) is 20.1. The van der Waals surface area contributed by atoms with Gasteiger partial charge in [0.05, 0.1) is 9.82 Å². The zero-order valence-corrected chi connectivity index (χ0v) is 17.4. The van der Waals surface area contributed by atoms with E-state index in [4.69, 9.17) is 0 Å². The van der Waals surface area contributed by atoms with E-state index in [1.165, 1.54) is 16.4 Å². The second-order valence-corrected chi connectivity index (χ2v) is 9.49. The van der Waals surface area contributed by atoms with Crippen molar-refractivity contribution in [2.75, 3.05) is 50.7 Å². The lowest BCUT2D eigenvalue weighted by molar-refractivity contribution is -0.384. The molecule has 2 aliphatic heterocycles. The van der Waals surface area contributed by atoms with Crippen LogP contribution in [0.15, 0.2) is 23.1 Å². The molecule has 0 spiro atoms. The van der Waals surface area contributed by atoms with Crippen LogP contribution in [0.25, 0.3) is 0 Å². The van der Waals surface area contributed by atoms with Crippen molar-refractivity contribution < 1.29 is 13.3 Å². The summed E-state index contributed by atoms with van der Waals surface area (Å²) in [6.07, 6.45) is 4.71. The summed E-state index contributed by atoms with van der Waals surface area (Å²) in [5.74, 6) is 0. The van der Waals surface area contributed by atoms with E-state index in [0.717, 1.165) is 58.3 Å².